The van der Waals surface area contributed by atoms with Gasteiger partial charge in [-0.3, -0.25) is 0 Å². The number of hydrogen-bond acceptors (Lipinski definition) is 4. The second kappa shape index (κ2) is 8.17. The van der Waals surface area contributed by atoms with Crippen LogP contribution in [0.2, 0.25) is 5.02 Å². The standard InChI is InChI=1S/C17H17ClO5S/c18-14-7-9-15(10-8-14)24(21,22)11-3-5-13-4-1-2-6-16(13)23-12-17(19)20/h1-2,4,6-10H,3,5,11-12H2,(H,19,20). The van der Waals surface area contributed by atoms with Gasteiger partial charge in [-0.1, -0.05) is 29.8 Å². The lowest BCUT2D eigenvalue weighted by Gasteiger charge is -2.10. The van der Waals surface area contributed by atoms with Crippen LogP contribution >= 0.6 is 11.6 Å². The van der Waals surface area contributed by atoms with Crippen molar-refractivity contribution in [2.24, 2.45) is 0 Å². The molecule has 0 atom stereocenters. The van der Waals surface area contributed by atoms with E-state index in [2.05, 4.69) is 0 Å². The van der Waals surface area contributed by atoms with Crippen LogP contribution in [0.25, 0.3) is 0 Å². The lowest BCUT2D eigenvalue weighted by Crippen LogP contribution is -2.11. The summed E-state index contributed by atoms with van der Waals surface area (Å²) in [5.41, 5.74) is 0.782. The van der Waals surface area contributed by atoms with Gasteiger partial charge in [-0.05, 0) is 48.7 Å². The third-order valence-electron chi connectivity index (χ3n) is 3.36. The molecular formula is C17H17ClO5S. The van der Waals surface area contributed by atoms with Gasteiger partial charge in [0, 0.05) is 5.02 Å². The molecule has 0 aromatic heterocycles. The van der Waals surface area contributed by atoms with Crippen molar-refractivity contribution in [1.29, 1.82) is 0 Å². The summed E-state index contributed by atoms with van der Waals surface area (Å²) in [6.45, 7) is -0.430. The number of ether oxygens (including phenoxy) is 1. The number of halogens is 1. The number of para-hydroxylation sites is 1. The van der Waals surface area contributed by atoms with Gasteiger partial charge < -0.3 is 9.84 Å². The zero-order valence-corrected chi connectivity index (χ0v) is 14.4. The van der Waals surface area contributed by atoms with Gasteiger partial charge in [0.2, 0.25) is 0 Å². The Kier molecular flexibility index (Phi) is 6.23. The summed E-state index contributed by atoms with van der Waals surface area (Å²) >= 11 is 5.77. The van der Waals surface area contributed by atoms with Gasteiger partial charge in [-0.25, -0.2) is 13.2 Å². The molecule has 0 aliphatic rings. The van der Waals surface area contributed by atoms with Crippen LogP contribution < -0.4 is 4.74 Å². The normalized spacial score (nSPS) is 11.2. The van der Waals surface area contributed by atoms with Crippen molar-refractivity contribution in [1.82, 2.24) is 0 Å². The van der Waals surface area contributed by atoms with Crippen molar-refractivity contribution in [2.75, 3.05) is 12.4 Å². The highest BCUT2D eigenvalue weighted by molar-refractivity contribution is 7.91. The molecule has 0 spiro atoms. The Balaban J connectivity index is 1.99. The number of carbonyl (C=O) groups is 1. The lowest BCUT2D eigenvalue weighted by atomic mass is 10.1. The van der Waals surface area contributed by atoms with Crippen molar-refractivity contribution in [3.63, 3.8) is 0 Å². The number of benzene rings is 2. The Morgan fingerprint density at radius 3 is 2.42 bits per heavy atom. The highest BCUT2D eigenvalue weighted by Crippen LogP contribution is 2.21. The van der Waals surface area contributed by atoms with Crippen LogP contribution in [0.4, 0.5) is 0 Å². The maximum Gasteiger partial charge on any atom is 0.341 e. The van der Waals surface area contributed by atoms with Crippen molar-refractivity contribution in [2.45, 2.75) is 17.7 Å². The maximum absolute atomic E-state index is 12.3. The van der Waals surface area contributed by atoms with Crippen LogP contribution in [-0.4, -0.2) is 31.9 Å². The average Bonchev–Trinajstić information content (AvgIpc) is 2.54. The second-order valence-corrected chi connectivity index (χ2v) is 7.71. The molecule has 0 fully saturated rings. The summed E-state index contributed by atoms with van der Waals surface area (Å²) in [6, 6.07) is 13.1. The van der Waals surface area contributed by atoms with Gasteiger partial charge in [0.05, 0.1) is 10.6 Å². The van der Waals surface area contributed by atoms with E-state index in [1.807, 2.05) is 0 Å². The summed E-state index contributed by atoms with van der Waals surface area (Å²) in [4.78, 5) is 10.8. The van der Waals surface area contributed by atoms with Gasteiger partial charge in [-0.15, -0.1) is 0 Å². The smallest absolute Gasteiger partial charge is 0.341 e. The second-order valence-electron chi connectivity index (χ2n) is 5.17. The van der Waals surface area contributed by atoms with E-state index in [1.165, 1.54) is 12.1 Å². The van der Waals surface area contributed by atoms with Gasteiger partial charge in [0.15, 0.2) is 16.4 Å². The Morgan fingerprint density at radius 1 is 1.08 bits per heavy atom. The number of aryl methyl sites for hydroxylation is 1. The first-order valence-electron chi connectivity index (χ1n) is 7.29. The summed E-state index contributed by atoms with van der Waals surface area (Å²) < 4.78 is 29.8. The van der Waals surface area contributed by atoms with E-state index in [1.54, 1.807) is 36.4 Å². The average molecular weight is 369 g/mol. The van der Waals surface area contributed by atoms with Crippen molar-refractivity contribution < 1.29 is 23.1 Å². The highest BCUT2D eigenvalue weighted by Gasteiger charge is 2.14. The molecule has 0 saturated heterocycles. The molecule has 2 rings (SSSR count). The number of carboxylic acids is 1. The maximum atomic E-state index is 12.3. The SMILES string of the molecule is O=C(O)COc1ccccc1CCCS(=O)(=O)c1ccc(Cl)cc1. The molecule has 0 unspecified atom stereocenters. The fraction of sp³-hybridized carbons (Fsp3) is 0.235. The summed E-state index contributed by atoms with van der Waals surface area (Å²) in [5, 5.41) is 9.16. The number of aliphatic carboxylic acids is 1. The van der Waals surface area contributed by atoms with Crippen LogP contribution in [0.1, 0.15) is 12.0 Å². The molecule has 2 aromatic carbocycles. The van der Waals surface area contributed by atoms with Gasteiger partial charge in [0.25, 0.3) is 0 Å². The minimum atomic E-state index is -3.38. The number of carboxylic acid groups (broad SMARTS) is 1. The lowest BCUT2D eigenvalue weighted by molar-refractivity contribution is -0.139. The quantitative estimate of drug-likeness (QED) is 0.773. The van der Waals surface area contributed by atoms with E-state index in [0.717, 1.165) is 5.56 Å². The largest absolute Gasteiger partial charge is 0.482 e. The molecule has 0 saturated carbocycles. The molecule has 2 aromatic rings. The first-order valence-corrected chi connectivity index (χ1v) is 9.32. The zero-order chi connectivity index (χ0) is 17.6. The zero-order valence-electron chi connectivity index (χ0n) is 12.8. The van der Waals surface area contributed by atoms with Gasteiger partial charge in [0.1, 0.15) is 5.75 Å². The highest BCUT2D eigenvalue weighted by atomic mass is 35.5. The summed E-state index contributed by atoms with van der Waals surface area (Å²) in [7, 11) is -3.38. The van der Waals surface area contributed by atoms with E-state index in [-0.39, 0.29) is 10.6 Å². The fourth-order valence-electron chi connectivity index (χ4n) is 2.20. The molecule has 0 bridgehead atoms. The third kappa shape index (κ3) is 5.25. The number of sulfone groups is 1. The summed E-state index contributed by atoms with van der Waals surface area (Å²) in [6.07, 6.45) is 0.876. The van der Waals surface area contributed by atoms with E-state index >= 15 is 0 Å². The molecule has 0 aliphatic carbocycles. The van der Waals surface area contributed by atoms with Crippen LogP contribution in [0.15, 0.2) is 53.4 Å². The molecule has 24 heavy (non-hydrogen) atoms. The third-order valence-corrected chi connectivity index (χ3v) is 5.42. The molecule has 0 aliphatic heterocycles. The predicted octanol–water partition coefficient (Wildman–Crippen LogP) is 3.21. The van der Waals surface area contributed by atoms with Crippen molar-refractivity contribution in [3.05, 3.63) is 59.1 Å². The Morgan fingerprint density at radius 2 is 1.75 bits per heavy atom. The minimum absolute atomic E-state index is 0.0120. The summed E-state index contributed by atoms with van der Waals surface area (Å²) in [5.74, 6) is -0.610. The molecule has 5 nitrogen and oxygen atoms in total. The Hall–Kier alpha value is -2.05. The monoisotopic (exact) mass is 368 g/mol. The molecule has 1 N–H and O–H groups in total. The van der Waals surface area contributed by atoms with E-state index < -0.39 is 22.4 Å². The molecular weight excluding hydrogens is 352 g/mol. The van der Waals surface area contributed by atoms with Crippen LogP contribution in [0.5, 0.6) is 5.75 Å². The van der Waals surface area contributed by atoms with Gasteiger partial charge >= 0.3 is 5.97 Å². The molecule has 0 heterocycles. The fourth-order valence-corrected chi connectivity index (χ4v) is 3.64. The Bertz CT molecular complexity index is 800. The molecule has 7 heteroatoms. The first kappa shape index (κ1) is 18.3. The van der Waals surface area contributed by atoms with Crippen molar-refractivity contribution in [3.8, 4) is 5.75 Å². The van der Waals surface area contributed by atoms with Crippen LogP contribution in [-0.2, 0) is 21.1 Å². The molecule has 128 valence electrons. The number of hydrogen-bond donors (Lipinski definition) is 1. The predicted molar refractivity (Wildman–Crippen MR) is 91.4 cm³/mol. The minimum Gasteiger partial charge on any atom is -0.482 e. The Labute approximate surface area is 145 Å². The number of rotatable bonds is 8. The molecule has 0 radical (unpaired) electrons. The van der Waals surface area contributed by atoms with E-state index in [9.17, 15) is 13.2 Å². The topological polar surface area (TPSA) is 80.7 Å². The van der Waals surface area contributed by atoms with E-state index in [0.29, 0.717) is 23.6 Å². The molecule has 0 amide bonds. The van der Waals surface area contributed by atoms with E-state index in [4.69, 9.17) is 21.4 Å². The first-order chi connectivity index (χ1) is 11.4. The van der Waals surface area contributed by atoms with Gasteiger partial charge in [-0.2, -0.15) is 0 Å². The van der Waals surface area contributed by atoms with Crippen LogP contribution in [0, 0.1) is 0 Å². The van der Waals surface area contributed by atoms with Crippen molar-refractivity contribution >= 4 is 27.4 Å². The van der Waals surface area contributed by atoms with Crippen LogP contribution in [0.3, 0.4) is 0 Å².